The fourth-order valence-corrected chi connectivity index (χ4v) is 1.33. The summed E-state index contributed by atoms with van der Waals surface area (Å²) in [6.45, 7) is 10.3. The van der Waals surface area contributed by atoms with E-state index in [1.54, 1.807) is 0 Å². The Labute approximate surface area is 87.5 Å². The summed E-state index contributed by atoms with van der Waals surface area (Å²) in [5.74, 6) is 6.27. The highest BCUT2D eigenvalue weighted by molar-refractivity contribution is 5.79. The van der Waals surface area contributed by atoms with Crippen LogP contribution in [0.25, 0.3) is 0 Å². The van der Waals surface area contributed by atoms with Crippen molar-refractivity contribution < 1.29 is 0 Å². The predicted octanol–water partition coefficient (Wildman–Crippen LogP) is 1.34. The molecule has 0 fully saturated rings. The monoisotopic (exact) mass is 200 g/mol. The zero-order chi connectivity index (χ0) is 11.0. The van der Waals surface area contributed by atoms with Crippen LogP contribution in [0, 0.1) is 0 Å². The molecule has 0 amide bonds. The first-order valence-corrected chi connectivity index (χ1v) is 5.48. The normalized spacial score (nSPS) is 13.9. The molecule has 84 valence electrons. The summed E-state index contributed by atoms with van der Waals surface area (Å²) < 4.78 is 0. The number of hydrogen-bond donors (Lipinski definition) is 2. The zero-order valence-corrected chi connectivity index (χ0v) is 9.88. The van der Waals surface area contributed by atoms with Gasteiger partial charge in [-0.2, -0.15) is 0 Å². The van der Waals surface area contributed by atoms with Gasteiger partial charge in [0.25, 0.3) is 0 Å². The van der Waals surface area contributed by atoms with E-state index in [0.717, 1.165) is 31.9 Å². The molecule has 4 nitrogen and oxygen atoms in total. The lowest BCUT2D eigenvalue weighted by atomic mass is 10.2. The van der Waals surface area contributed by atoms with Crippen LogP contribution in [0.4, 0.5) is 0 Å². The van der Waals surface area contributed by atoms with Crippen molar-refractivity contribution in [2.75, 3.05) is 13.1 Å². The molecule has 0 aliphatic carbocycles. The largest absolute Gasteiger partial charge is 0.340 e. The Morgan fingerprint density at radius 2 is 2.07 bits per heavy atom. The summed E-state index contributed by atoms with van der Waals surface area (Å²) in [7, 11) is 0. The third-order valence-electron chi connectivity index (χ3n) is 2.35. The van der Waals surface area contributed by atoms with Crippen molar-refractivity contribution in [3.8, 4) is 0 Å². The Morgan fingerprint density at radius 3 is 2.43 bits per heavy atom. The van der Waals surface area contributed by atoms with E-state index in [9.17, 15) is 0 Å². The lowest BCUT2D eigenvalue weighted by Gasteiger charge is -2.29. The number of hydrazine groups is 1. The molecular formula is C10H24N4. The van der Waals surface area contributed by atoms with Crippen molar-refractivity contribution in [3.63, 3.8) is 0 Å². The molecule has 0 aromatic rings. The second kappa shape index (κ2) is 7.62. The number of nitrogens with zero attached hydrogens (tertiary/aromatic N) is 2. The molecule has 4 heteroatoms. The maximum atomic E-state index is 5.46. The first-order valence-electron chi connectivity index (χ1n) is 5.48. The smallest absolute Gasteiger partial charge is 0.208 e. The van der Waals surface area contributed by atoms with Crippen molar-refractivity contribution >= 4 is 5.96 Å². The minimum atomic E-state index is 0.478. The van der Waals surface area contributed by atoms with Crippen LogP contribution >= 0.6 is 0 Å². The molecular weight excluding hydrogens is 176 g/mol. The first-order chi connectivity index (χ1) is 6.71. The van der Waals surface area contributed by atoms with E-state index in [2.05, 4.69) is 43.0 Å². The molecule has 0 radical (unpaired) electrons. The third-order valence-corrected chi connectivity index (χ3v) is 2.35. The van der Waals surface area contributed by atoms with Crippen LogP contribution in [0.15, 0.2) is 4.99 Å². The molecule has 3 N–H and O–H groups in total. The van der Waals surface area contributed by atoms with Crippen LogP contribution in [-0.4, -0.2) is 30.0 Å². The molecule has 0 spiro atoms. The molecule has 0 aromatic carbocycles. The summed E-state index contributed by atoms with van der Waals surface area (Å²) in [4.78, 5) is 6.60. The fraction of sp³-hybridized carbons (Fsp3) is 0.900. The number of aliphatic imine (C=N–C) groups is 1. The van der Waals surface area contributed by atoms with E-state index in [0.29, 0.717) is 6.04 Å². The van der Waals surface area contributed by atoms with Gasteiger partial charge in [-0.05, 0) is 26.7 Å². The van der Waals surface area contributed by atoms with Crippen LogP contribution in [0.2, 0.25) is 0 Å². The summed E-state index contributed by atoms with van der Waals surface area (Å²) in [5, 5.41) is 0. The van der Waals surface area contributed by atoms with E-state index < -0.39 is 0 Å². The van der Waals surface area contributed by atoms with E-state index in [-0.39, 0.29) is 0 Å². The minimum absolute atomic E-state index is 0.478. The molecule has 0 bridgehead atoms. The van der Waals surface area contributed by atoms with Crippen LogP contribution in [0.5, 0.6) is 0 Å². The molecule has 0 saturated carbocycles. The first kappa shape index (κ1) is 13.2. The van der Waals surface area contributed by atoms with Gasteiger partial charge in [-0.3, -0.25) is 10.4 Å². The van der Waals surface area contributed by atoms with Gasteiger partial charge >= 0.3 is 0 Å². The van der Waals surface area contributed by atoms with Gasteiger partial charge in [0.2, 0.25) is 5.96 Å². The molecule has 1 atom stereocenters. The zero-order valence-electron chi connectivity index (χ0n) is 9.88. The van der Waals surface area contributed by atoms with Gasteiger partial charge in [0.15, 0.2) is 0 Å². The highest BCUT2D eigenvalue weighted by atomic mass is 15.4. The predicted molar refractivity (Wildman–Crippen MR) is 62.0 cm³/mol. The fourth-order valence-electron chi connectivity index (χ4n) is 1.33. The average molecular weight is 200 g/mol. The summed E-state index contributed by atoms with van der Waals surface area (Å²) >= 11 is 0. The lowest BCUT2D eigenvalue weighted by Crippen LogP contribution is -2.48. The van der Waals surface area contributed by atoms with Gasteiger partial charge in [-0.25, -0.2) is 5.84 Å². The SMILES string of the molecule is CCCN=C(NN)N(CC)C(C)CC. The second-order valence-corrected chi connectivity index (χ2v) is 3.39. The molecule has 14 heavy (non-hydrogen) atoms. The standard InChI is InChI=1S/C10H24N4/c1-5-8-12-10(13-11)14(7-3)9(4)6-2/h9H,5-8,11H2,1-4H3,(H,12,13). The molecule has 0 aromatic heterocycles. The minimum Gasteiger partial charge on any atom is -0.340 e. The Morgan fingerprint density at radius 1 is 1.43 bits per heavy atom. The molecule has 0 rings (SSSR count). The van der Waals surface area contributed by atoms with Gasteiger partial charge in [-0.1, -0.05) is 13.8 Å². The van der Waals surface area contributed by atoms with Crippen LogP contribution < -0.4 is 11.3 Å². The van der Waals surface area contributed by atoms with Crippen molar-refractivity contribution in [2.45, 2.75) is 46.6 Å². The van der Waals surface area contributed by atoms with Gasteiger partial charge in [0.1, 0.15) is 0 Å². The number of nitrogens with one attached hydrogen (secondary N) is 1. The number of guanidine groups is 1. The van der Waals surface area contributed by atoms with Gasteiger partial charge < -0.3 is 4.90 Å². The number of hydrogen-bond acceptors (Lipinski definition) is 2. The van der Waals surface area contributed by atoms with Gasteiger partial charge in [0, 0.05) is 19.1 Å². The van der Waals surface area contributed by atoms with Crippen molar-refractivity contribution in [2.24, 2.45) is 10.8 Å². The lowest BCUT2D eigenvalue weighted by molar-refractivity contribution is 0.325. The summed E-state index contributed by atoms with van der Waals surface area (Å²) in [6.07, 6.45) is 2.14. The molecule has 0 aliphatic rings. The van der Waals surface area contributed by atoms with E-state index in [1.807, 2.05) is 0 Å². The Balaban J connectivity index is 4.43. The summed E-state index contributed by atoms with van der Waals surface area (Å²) in [5.41, 5.74) is 2.68. The van der Waals surface area contributed by atoms with Crippen molar-refractivity contribution in [1.82, 2.24) is 10.3 Å². The van der Waals surface area contributed by atoms with Crippen LogP contribution in [0.1, 0.15) is 40.5 Å². The Bertz CT molecular complexity index is 168. The number of rotatable bonds is 5. The third kappa shape index (κ3) is 3.96. The Kier molecular flexibility index (Phi) is 7.20. The van der Waals surface area contributed by atoms with Crippen molar-refractivity contribution in [3.05, 3.63) is 0 Å². The second-order valence-electron chi connectivity index (χ2n) is 3.39. The summed E-state index contributed by atoms with van der Waals surface area (Å²) in [6, 6.07) is 0.478. The maximum Gasteiger partial charge on any atom is 0.208 e. The van der Waals surface area contributed by atoms with Crippen LogP contribution in [-0.2, 0) is 0 Å². The maximum absolute atomic E-state index is 5.46. The number of nitrogens with two attached hydrogens (primary N) is 1. The quantitative estimate of drug-likeness (QED) is 0.305. The van der Waals surface area contributed by atoms with Crippen molar-refractivity contribution in [1.29, 1.82) is 0 Å². The van der Waals surface area contributed by atoms with E-state index >= 15 is 0 Å². The molecule has 0 saturated heterocycles. The van der Waals surface area contributed by atoms with Gasteiger partial charge in [0.05, 0.1) is 0 Å². The van der Waals surface area contributed by atoms with Crippen LogP contribution in [0.3, 0.4) is 0 Å². The van der Waals surface area contributed by atoms with Gasteiger partial charge in [-0.15, -0.1) is 0 Å². The molecule has 0 aliphatic heterocycles. The highest BCUT2D eigenvalue weighted by Crippen LogP contribution is 2.03. The highest BCUT2D eigenvalue weighted by Gasteiger charge is 2.13. The topological polar surface area (TPSA) is 53.6 Å². The molecule has 1 unspecified atom stereocenters. The van der Waals surface area contributed by atoms with E-state index in [1.165, 1.54) is 0 Å². The Hall–Kier alpha value is -0.770. The molecule has 0 heterocycles. The average Bonchev–Trinajstić information content (AvgIpc) is 2.23. The van der Waals surface area contributed by atoms with E-state index in [4.69, 9.17) is 5.84 Å².